The summed E-state index contributed by atoms with van der Waals surface area (Å²) < 4.78 is 8.51. The van der Waals surface area contributed by atoms with E-state index in [2.05, 4.69) is 48.8 Å². The average Bonchev–Trinajstić information content (AvgIpc) is 3.91. The second-order valence-electron chi connectivity index (χ2n) is 19.9. The molecule has 3 spiro atoms. The zero-order valence-electron chi connectivity index (χ0n) is 34.6. The zero-order valence-corrected chi connectivity index (χ0v) is 35.3. The van der Waals surface area contributed by atoms with E-state index in [4.69, 9.17) is 21.3 Å². The Hall–Kier alpha value is -4.25. The molecule has 312 valence electrons. The first kappa shape index (κ1) is 37.5. The summed E-state index contributed by atoms with van der Waals surface area (Å²) in [6, 6.07) is 17.7. The lowest BCUT2D eigenvalue weighted by atomic mass is 9.67. The van der Waals surface area contributed by atoms with Crippen LogP contribution in [0.5, 0.6) is 5.75 Å². The minimum absolute atomic E-state index is 0.00433. The second kappa shape index (κ2) is 13.9. The zero-order chi connectivity index (χ0) is 40.4. The van der Waals surface area contributed by atoms with Gasteiger partial charge in [0.15, 0.2) is 0 Å². The highest BCUT2D eigenvalue weighted by atomic mass is 35.5. The standard InChI is InChI=1S/C49H55ClN6O4/c50-38-5-4-6-40-42(38)45(59)52-46-49(15-2-1-3-16-49)37-25-32(7-10-39(37)56(40)46)31-13-21-54(22-14-31)33-11-17-47(18-12-33)28-55(29-47)41(57)27-53-23-19-48(20-24-53)30-60-43-35-26-51-44(58)34(35)8-9-36(43)48/h4-10,25,31,33H,1-3,11-24,26-30H2,(H,51,58). The van der Waals surface area contributed by atoms with E-state index < -0.39 is 0 Å². The number of aromatic nitrogens is 2. The number of benzene rings is 3. The van der Waals surface area contributed by atoms with E-state index in [0.29, 0.717) is 53.4 Å². The molecule has 60 heavy (non-hydrogen) atoms. The quantitative estimate of drug-likeness (QED) is 0.232. The summed E-state index contributed by atoms with van der Waals surface area (Å²) in [6.45, 7) is 7.67. The van der Waals surface area contributed by atoms with Gasteiger partial charge in [0.1, 0.15) is 11.6 Å². The van der Waals surface area contributed by atoms with E-state index in [1.54, 1.807) is 6.07 Å². The molecule has 2 amide bonds. The topological polar surface area (TPSA) is 100 Å². The number of amides is 2. The number of piperidine rings is 2. The van der Waals surface area contributed by atoms with Gasteiger partial charge in [-0.3, -0.25) is 23.9 Å². The Labute approximate surface area is 356 Å². The third kappa shape index (κ3) is 5.65. The van der Waals surface area contributed by atoms with E-state index >= 15 is 0 Å². The Morgan fingerprint density at radius 3 is 2.43 bits per heavy atom. The van der Waals surface area contributed by atoms with Crippen LogP contribution >= 0.6 is 11.6 Å². The van der Waals surface area contributed by atoms with Crippen LogP contribution in [0.3, 0.4) is 0 Å². The van der Waals surface area contributed by atoms with Crippen LogP contribution in [0, 0.1) is 5.41 Å². The lowest BCUT2D eigenvalue weighted by Crippen LogP contribution is -2.62. The van der Waals surface area contributed by atoms with Crippen molar-refractivity contribution in [3.05, 3.63) is 97.5 Å². The number of carbonyl (C=O) groups excluding carboxylic acids is 2. The Morgan fingerprint density at radius 1 is 0.867 bits per heavy atom. The van der Waals surface area contributed by atoms with Crippen LogP contribution < -0.4 is 15.6 Å². The predicted octanol–water partition coefficient (Wildman–Crippen LogP) is 7.22. The van der Waals surface area contributed by atoms with Crippen molar-refractivity contribution in [2.75, 3.05) is 52.4 Å². The number of halogens is 1. The van der Waals surface area contributed by atoms with Crippen molar-refractivity contribution in [2.24, 2.45) is 5.41 Å². The number of nitrogens with zero attached hydrogens (tertiary/aromatic N) is 5. The summed E-state index contributed by atoms with van der Waals surface area (Å²) in [6.07, 6.45) is 14.8. The Balaban J connectivity index is 0.646. The number of likely N-dealkylation sites (tertiary alicyclic amines) is 3. The maximum absolute atomic E-state index is 13.5. The van der Waals surface area contributed by atoms with Crippen LogP contribution in [0.2, 0.25) is 5.02 Å². The minimum atomic E-state index is -0.210. The van der Waals surface area contributed by atoms with E-state index in [0.717, 1.165) is 106 Å². The van der Waals surface area contributed by atoms with Gasteiger partial charge in [0.2, 0.25) is 5.91 Å². The van der Waals surface area contributed by atoms with Crippen molar-refractivity contribution < 1.29 is 14.3 Å². The van der Waals surface area contributed by atoms with Gasteiger partial charge in [-0.05, 0) is 132 Å². The molecule has 6 aliphatic heterocycles. The normalized spacial score (nSPS) is 24.3. The fraction of sp³-hybridized carbons (Fsp3) is 0.551. The number of hydrogen-bond donors (Lipinski definition) is 1. The third-order valence-corrected chi connectivity index (χ3v) is 17.2. The maximum Gasteiger partial charge on any atom is 0.282 e. The number of fused-ring (bicyclic) bond motifs is 11. The van der Waals surface area contributed by atoms with Crippen LogP contribution in [0.15, 0.2) is 53.3 Å². The van der Waals surface area contributed by atoms with Crippen molar-refractivity contribution >= 4 is 34.3 Å². The van der Waals surface area contributed by atoms with Gasteiger partial charge < -0.3 is 19.9 Å². The van der Waals surface area contributed by atoms with Gasteiger partial charge in [0.25, 0.3) is 11.5 Å². The molecule has 3 saturated heterocycles. The number of ether oxygens (including phenoxy) is 1. The Bertz CT molecular complexity index is 2500. The minimum Gasteiger partial charge on any atom is -0.492 e. The van der Waals surface area contributed by atoms with Gasteiger partial charge in [-0.1, -0.05) is 55.1 Å². The summed E-state index contributed by atoms with van der Waals surface area (Å²) in [7, 11) is 0. The molecule has 7 heterocycles. The Kier molecular flexibility index (Phi) is 8.68. The van der Waals surface area contributed by atoms with E-state index in [1.807, 2.05) is 18.2 Å². The van der Waals surface area contributed by atoms with Gasteiger partial charge in [-0.25, -0.2) is 0 Å². The number of hydrogen-bond acceptors (Lipinski definition) is 7. The fourth-order valence-corrected chi connectivity index (χ4v) is 13.6. The molecule has 0 unspecified atom stereocenters. The monoisotopic (exact) mass is 826 g/mol. The molecule has 3 aromatic carbocycles. The van der Waals surface area contributed by atoms with Gasteiger partial charge in [-0.15, -0.1) is 0 Å². The molecule has 8 aliphatic rings. The molecule has 2 saturated carbocycles. The van der Waals surface area contributed by atoms with Crippen LogP contribution in [0.25, 0.3) is 16.6 Å². The first-order valence-corrected chi connectivity index (χ1v) is 23.3. The van der Waals surface area contributed by atoms with E-state index in [1.165, 1.54) is 67.3 Å². The first-order chi connectivity index (χ1) is 29.2. The molecule has 10 nitrogen and oxygen atoms in total. The molecule has 4 aromatic rings. The van der Waals surface area contributed by atoms with Gasteiger partial charge in [0, 0.05) is 53.2 Å². The first-order valence-electron chi connectivity index (χ1n) is 22.9. The molecule has 1 aromatic heterocycles. The van der Waals surface area contributed by atoms with E-state index in [-0.39, 0.29) is 22.3 Å². The lowest BCUT2D eigenvalue weighted by Gasteiger charge is -2.55. The highest BCUT2D eigenvalue weighted by Gasteiger charge is 2.50. The summed E-state index contributed by atoms with van der Waals surface area (Å²) in [5.41, 5.74) is 7.76. The summed E-state index contributed by atoms with van der Waals surface area (Å²) in [5.74, 6) is 2.67. The Morgan fingerprint density at radius 2 is 1.65 bits per heavy atom. The molecule has 0 atom stereocenters. The van der Waals surface area contributed by atoms with Crippen molar-refractivity contribution in [3.8, 4) is 11.4 Å². The van der Waals surface area contributed by atoms with Gasteiger partial charge >= 0.3 is 0 Å². The maximum atomic E-state index is 13.5. The van der Waals surface area contributed by atoms with Crippen LogP contribution in [0.1, 0.15) is 128 Å². The molecular formula is C49H55ClN6O4. The molecular weight excluding hydrogens is 772 g/mol. The molecule has 2 aliphatic carbocycles. The highest BCUT2D eigenvalue weighted by molar-refractivity contribution is 6.35. The van der Waals surface area contributed by atoms with E-state index in [9.17, 15) is 14.4 Å². The second-order valence-corrected chi connectivity index (χ2v) is 20.3. The average molecular weight is 827 g/mol. The largest absolute Gasteiger partial charge is 0.492 e. The predicted molar refractivity (Wildman–Crippen MR) is 231 cm³/mol. The summed E-state index contributed by atoms with van der Waals surface area (Å²) >= 11 is 6.59. The van der Waals surface area contributed by atoms with Crippen LogP contribution in [0.4, 0.5) is 0 Å². The van der Waals surface area contributed by atoms with Crippen molar-refractivity contribution in [1.29, 1.82) is 0 Å². The molecule has 0 radical (unpaired) electrons. The number of rotatable bonds is 4. The van der Waals surface area contributed by atoms with Crippen molar-refractivity contribution in [1.82, 2.24) is 29.6 Å². The van der Waals surface area contributed by atoms with Gasteiger partial charge in [0.05, 0.1) is 40.2 Å². The highest BCUT2D eigenvalue weighted by Crippen LogP contribution is 2.53. The van der Waals surface area contributed by atoms with Crippen molar-refractivity contribution in [3.63, 3.8) is 0 Å². The third-order valence-electron chi connectivity index (χ3n) is 16.9. The SMILES string of the molecule is O=C1NCc2c1ccc1c2OCC12CCN(CC(=O)N1CC3(CCC(N4CCC(c5ccc6c(c5)C5(CCCCC5)c5nc(=O)c7c(Cl)cccc7n5-6)CC4)CC3)C1)CC2. The molecule has 12 rings (SSSR count). The number of carbonyl (C=O) groups is 2. The van der Waals surface area contributed by atoms with Crippen LogP contribution in [-0.4, -0.2) is 94.5 Å². The van der Waals surface area contributed by atoms with Crippen molar-refractivity contribution in [2.45, 2.75) is 113 Å². The lowest BCUT2D eigenvalue weighted by molar-refractivity contribution is -0.148. The van der Waals surface area contributed by atoms with Gasteiger partial charge in [-0.2, -0.15) is 4.98 Å². The molecule has 11 heteroatoms. The summed E-state index contributed by atoms with van der Waals surface area (Å²) in [5, 5.41) is 3.93. The smallest absolute Gasteiger partial charge is 0.282 e. The fourth-order valence-electron chi connectivity index (χ4n) is 13.4. The molecule has 0 bridgehead atoms. The molecule has 5 fully saturated rings. The van der Waals surface area contributed by atoms with Crippen LogP contribution in [-0.2, 0) is 22.2 Å². The summed E-state index contributed by atoms with van der Waals surface area (Å²) in [4.78, 5) is 51.2. The molecule has 1 N–H and O–H groups in total. The number of nitrogens with one attached hydrogen (secondary N) is 1.